The van der Waals surface area contributed by atoms with Gasteiger partial charge in [0.15, 0.2) is 0 Å². The summed E-state index contributed by atoms with van der Waals surface area (Å²) in [5.74, 6) is -0.803. The molecule has 0 N–H and O–H groups in total. The fourth-order valence-electron chi connectivity index (χ4n) is 1.19. The molecule has 82 valence electrons. The van der Waals surface area contributed by atoms with E-state index in [1.807, 2.05) is 0 Å². The molecule has 0 aliphatic carbocycles. The van der Waals surface area contributed by atoms with E-state index in [0.717, 1.165) is 0 Å². The monoisotopic (exact) mass is 294 g/mol. The van der Waals surface area contributed by atoms with Crippen LogP contribution in [0.5, 0.6) is 0 Å². The molecule has 0 atom stereocenters. The highest BCUT2D eigenvalue weighted by molar-refractivity contribution is 9.10. The lowest BCUT2D eigenvalue weighted by Gasteiger charge is -2.08. The minimum atomic E-state index is -0.418. The number of halogens is 3. The molecule has 0 aliphatic rings. The summed E-state index contributed by atoms with van der Waals surface area (Å²) in [6.45, 7) is 0. The number of esters is 1. The van der Waals surface area contributed by atoms with Crippen LogP contribution < -0.4 is 0 Å². The second-order valence-electron chi connectivity index (χ2n) is 2.91. The Kier molecular flexibility index (Phi) is 4.54. The van der Waals surface area contributed by atoms with E-state index in [4.69, 9.17) is 11.6 Å². The smallest absolute Gasteiger partial charge is 0.309 e. The quantitative estimate of drug-likeness (QED) is 0.633. The highest BCUT2D eigenvalue weighted by Crippen LogP contribution is 2.22. The molecule has 0 saturated carbocycles. The molecule has 0 saturated heterocycles. The average Bonchev–Trinajstić information content (AvgIpc) is 2.17. The van der Waals surface area contributed by atoms with Crippen molar-refractivity contribution in [3.63, 3.8) is 0 Å². The number of hydrogen-bond acceptors (Lipinski definition) is 2. The lowest BCUT2D eigenvalue weighted by atomic mass is 10.1. The molecule has 0 aromatic heterocycles. The van der Waals surface area contributed by atoms with Crippen molar-refractivity contribution in [1.29, 1.82) is 0 Å². The third kappa shape index (κ3) is 3.18. The van der Waals surface area contributed by atoms with Gasteiger partial charge in [0.2, 0.25) is 0 Å². The number of ether oxygens (including phenoxy) is 1. The summed E-state index contributed by atoms with van der Waals surface area (Å²) in [6, 6.07) is 2.98. The Labute approximate surface area is 101 Å². The average molecular weight is 296 g/mol. The van der Waals surface area contributed by atoms with E-state index in [1.165, 1.54) is 13.2 Å². The van der Waals surface area contributed by atoms with Crippen LogP contribution in [0, 0.1) is 5.82 Å². The summed E-state index contributed by atoms with van der Waals surface area (Å²) in [6.07, 6.45) is 0.0227. The Morgan fingerprint density at radius 1 is 1.60 bits per heavy atom. The number of alkyl halides is 1. The van der Waals surface area contributed by atoms with Crippen LogP contribution in [0.15, 0.2) is 16.6 Å². The van der Waals surface area contributed by atoms with Gasteiger partial charge in [-0.3, -0.25) is 4.79 Å². The first-order valence-electron chi connectivity index (χ1n) is 4.18. The van der Waals surface area contributed by atoms with Crippen molar-refractivity contribution in [3.8, 4) is 0 Å². The van der Waals surface area contributed by atoms with Gasteiger partial charge in [0.1, 0.15) is 5.82 Å². The minimum Gasteiger partial charge on any atom is -0.469 e. The fraction of sp³-hybridized carbons (Fsp3) is 0.300. The predicted molar refractivity (Wildman–Crippen MR) is 59.4 cm³/mol. The molecule has 1 aromatic rings. The van der Waals surface area contributed by atoms with Gasteiger partial charge in [-0.15, -0.1) is 11.6 Å². The molecule has 2 nitrogen and oxygen atoms in total. The van der Waals surface area contributed by atoms with Crippen LogP contribution in [0.2, 0.25) is 0 Å². The van der Waals surface area contributed by atoms with Crippen LogP contribution in [-0.4, -0.2) is 13.1 Å². The molecule has 0 unspecified atom stereocenters. The summed E-state index contributed by atoms with van der Waals surface area (Å²) < 4.78 is 18.5. The highest BCUT2D eigenvalue weighted by Gasteiger charge is 2.12. The first kappa shape index (κ1) is 12.5. The standard InChI is InChI=1S/C10H9BrClFO2/c1-15-10(14)3-6-2-7(11)4-9(13)8(6)5-12/h2,4H,3,5H2,1H3. The van der Waals surface area contributed by atoms with E-state index in [0.29, 0.717) is 15.6 Å². The summed E-state index contributed by atoms with van der Waals surface area (Å²) in [5, 5.41) is 0. The fourth-order valence-corrected chi connectivity index (χ4v) is 1.97. The van der Waals surface area contributed by atoms with Gasteiger partial charge in [0.25, 0.3) is 0 Å². The molecular formula is C10H9BrClFO2. The van der Waals surface area contributed by atoms with Gasteiger partial charge in [-0.05, 0) is 17.7 Å². The molecule has 0 aliphatic heterocycles. The summed E-state index contributed by atoms with van der Waals surface area (Å²) in [5.41, 5.74) is 0.883. The normalized spacial score (nSPS) is 10.1. The number of methoxy groups -OCH3 is 1. The van der Waals surface area contributed by atoms with E-state index in [1.54, 1.807) is 6.07 Å². The number of rotatable bonds is 3. The van der Waals surface area contributed by atoms with E-state index in [9.17, 15) is 9.18 Å². The maximum absolute atomic E-state index is 13.4. The van der Waals surface area contributed by atoms with Crippen molar-refractivity contribution in [1.82, 2.24) is 0 Å². The lowest BCUT2D eigenvalue weighted by Crippen LogP contribution is -2.07. The van der Waals surface area contributed by atoms with Crippen LogP contribution in [0.3, 0.4) is 0 Å². The SMILES string of the molecule is COC(=O)Cc1cc(Br)cc(F)c1CCl. The topological polar surface area (TPSA) is 26.3 Å². The number of carbonyl (C=O) groups is 1. The van der Waals surface area contributed by atoms with Gasteiger partial charge in [0, 0.05) is 10.0 Å². The zero-order chi connectivity index (χ0) is 11.4. The van der Waals surface area contributed by atoms with Crippen LogP contribution in [0.4, 0.5) is 4.39 Å². The third-order valence-electron chi connectivity index (χ3n) is 1.95. The Morgan fingerprint density at radius 2 is 2.27 bits per heavy atom. The molecule has 0 amide bonds. The highest BCUT2D eigenvalue weighted by atomic mass is 79.9. The Hall–Kier alpha value is -0.610. The van der Waals surface area contributed by atoms with Gasteiger partial charge in [-0.25, -0.2) is 4.39 Å². The molecule has 5 heteroatoms. The first-order valence-corrected chi connectivity index (χ1v) is 5.50. The summed E-state index contributed by atoms with van der Waals surface area (Å²) in [4.78, 5) is 11.1. The number of carbonyl (C=O) groups excluding carboxylic acids is 1. The predicted octanol–water partition coefficient (Wildman–Crippen LogP) is 3.04. The van der Waals surface area contributed by atoms with E-state index in [-0.39, 0.29) is 12.3 Å². The Balaban J connectivity index is 3.09. The molecule has 15 heavy (non-hydrogen) atoms. The summed E-state index contributed by atoms with van der Waals surface area (Å²) in [7, 11) is 1.29. The van der Waals surface area contributed by atoms with Gasteiger partial charge < -0.3 is 4.74 Å². The zero-order valence-corrected chi connectivity index (χ0v) is 10.4. The second kappa shape index (κ2) is 5.47. The van der Waals surface area contributed by atoms with Crippen LogP contribution in [0.1, 0.15) is 11.1 Å². The number of hydrogen-bond donors (Lipinski definition) is 0. The molecule has 1 aromatic carbocycles. The molecule has 0 bridgehead atoms. The first-order chi connectivity index (χ1) is 7.08. The third-order valence-corrected chi connectivity index (χ3v) is 2.67. The van der Waals surface area contributed by atoms with Gasteiger partial charge >= 0.3 is 5.97 Å². The second-order valence-corrected chi connectivity index (χ2v) is 4.09. The van der Waals surface area contributed by atoms with Gasteiger partial charge in [-0.1, -0.05) is 15.9 Å². The molecule has 1 rings (SSSR count). The molecule has 0 spiro atoms. The Morgan fingerprint density at radius 3 is 2.80 bits per heavy atom. The molecule has 0 fully saturated rings. The van der Waals surface area contributed by atoms with Crippen LogP contribution >= 0.6 is 27.5 Å². The van der Waals surface area contributed by atoms with Gasteiger partial charge in [0.05, 0.1) is 19.4 Å². The van der Waals surface area contributed by atoms with Gasteiger partial charge in [-0.2, -0.15) is 0 Å². The molecule has 0 heterocycles. The molecular weight excluding hydrogens is 286 g/mol. The van der Waals surface area contributed by atoms with Crippen molar-refractivity contribution < 1.29 is 13.9 Å². The maximum atomic E-state index is 13.4. The zero-order valence-electron chi connectivity index (χ0n) is 8.02. The maximum Gasteiger partial charge on any atom is 0.309 e. The van der Waals surface area contributed by atoms with E-state index < -0.39 is 11.8 Å². The largest absolute Gasteiger partial charge is 0.469 e. The van der Waals surface area contributed by atoms with Crippen molar-refractivity contribution in [3.05, 3.63) is 33.5 Å². The lowest BCUT2D eigenvalue weighted by molar-refractivity contribution is -0.139. The van der Waals surface area contributed by atoms with E-state index in [2.05, 4.69) is 20.7 Å². The molecule has 0 radical (unpaired) electrons. The van der Waals surface area contributed by atoms with Crippen LogP contribution in [0.25, 0.3) is 0 Å². The van der Waals surface area contributed by atoms with Crippen LogP contribution in [-0.2, 0) is 21.8 Å². The van der Waals surface area contributed by atoms with Crippen molar-refractivity contribution in [2.75, 3.05) is 7.11 Å². The Bertz CT molecular complexity index is 382. The summed E-state index contributed by atoms with van der Waals surface area (Å²) >= 11 is 8.76. The van der Waals surface area contributed by atoms with Crippen molar-refractivity contribution >= 4 is 33.5 Å². The van der Waals surface area contributed by atoms with Crippen molar-refractivity contribution in [2.45, 2.75) is 12.3 Å². The van der Waals surface area contributed by atoms with E-state index >= 15 is 0 Å². The number of benzene rings is 1. The minimum absolute atomic E-state index is 0.0227. The van der Waals surface area contributed by atoms with Crippen molar-refractivity contribution in [2.24, 2.45) is 0 Å².